The van der Waals surface area contributed by atoms with E-state index < -0.39 is 0 Å². The van der Waals surface area contributed by atoms with E-state index >= 15 is 0 Å². The van der Waals surface area contributed by atoms with E-state index in [9.17, 15) is 10.5 Å². The van der Waals surface area contributed by atoms with Crippen molar-refractivity contribution in [1.29, 1.82) is 10.5 Å². The summed E-state index contributed by atoms with van der Waals surface area (Å²) in [5.74, 6) is 0. The molecule has 0 aliphatic carbocycles. The van der Waals surface area contributed by atoms with E-state index in [-0.39, 0.29) is 0 Å². The molecule has 0 fully saturated rings. The molecule has 0 N–H and O–H groups in total. The molecule has 0 spiro atoms. The second kappa shape index (κ2) is 5.63. The lowest BCUT2D eigenvalue weighted by Crippen LogP contribution is -1.91. The van der Waals surface area contributed by atoms with Crippen molar-refractivity contribution in [1.82, 2.24) is 9.13 Å². The van der Waals surface area contributed by atoms with Crippen LogP contribution in [0.25, 0.3) is 54.4 Å². The van der Waals surface area contributed by atoms with Gasteiger partial charge in [-0.15, -0.1) is 0 Å². The lowest BCUT2D eigenvalue weighted by Gasteiger charge is -2.07. The standard InChI is InChI=1S/C26H16N4/c1-29-23-11-15(13-27)3-5-17(23)19-7-10-22-21(25(19)29)9-8-20-18-6-4-16(14-28)12-24(18)30(2)26(20)22/h3-12H,1-2H3. The normalized spacial score (nSPS) is 11.6. The van der Waals surface area contributed by atoms with Crippen molar-refractivity contribution >= 4 is 54.4 Å². The van der Waals surface area contributed by atoms with Crippen LogP contribution in [0, 0.1) is 22.7 Å². The van der Waals surface area contributed by atoms with Gasteiger partial charge in [0.05, 0.1) is 45.3 Å². The second-order valence-corrected chi connectivity index (χ2v) is 7.82. The average Bonchev–Trinajstić information content (AvgIpc) is 3.24. The first-order valence-electron chi connectivity index (χ1n) is 9.78. The molecule has 0 radical (unpaired) electrons. The highest BCUT2D eigenvalue weighted by atomic mass is 15.0. The zero-order chi connectivity index (χ0) is 20.6. The lowest BCUT2D eigenvalue weighted by atomic mass is 10.0. The Morgan fingerprint density at radius 3 is 1.23 bits per heavy atom. The Bertz CT molecular complexity index is 1650. The van der Waals surface area contributed by atoms with Crippen molar-refractivity contribution in [3.63, 3.8) is 0 Å². The first-order valence-corrected chi connectivity index (χ1v) is 9.78. The fourth-order valence-electron chi connectivity index (χ4n) is 4.99. The van der Waals surface area contributed by atoms with Crippen LogP contribution >= 0.6 is 0 Å². The highest BCUT2D eigenvalue weighted by Gasteiger charge is 2.16. The maximum atomic E-state index is 9.31. The number of nitriles is 2. The second-order valence-electron chi connectivity index (χ2n) is 7.82. The van der Waals surface area contributed by atoms with Gasteiger partial charge in [-0.05, 0) is 24.3 Å². The molecular weight excluding hydrogens is 368 g/mol. The van der Waals surface area contributed by atoms with Gasteiger partial charge >= 0.3 is 0 Å². The van der Waals surface area contributed by atoms with Gasteiger partial charge in [-0.1, -0.05) is 36.4 Å². The van der Waals surface area contributed by atoms with Crippen LogP contribution < -0.4 is 0 Å². The molecule has 6 rings (SSSR count). The summed E-state index contributed by atoms with van der Waals surface area (Å²) in [4.78, 5) is 0. The van der Waals surface area contributed by atoms with Crippen molar-refractivity contribution in [2.24, 2.45) is 14.1 Å². The van der Waals surface area contributed by atoms with Crippen molar-refractivity contribution in [2.45, 2.75) is 0 Å². The summed E-state index contributed by atoms with van der Waals surface area (Å²) in [6.07, 6.45) is 0. The molecule has 0 aliphatic rings. The largest absolute Gasteiger partial charge is 0.343 e. The van der Waals surface area contributed by atoms with E-state index in [1.54, 1.807) is 0 Å². The van der Waals surface area contributed by atoms with E-state index in [0.717, 1.165) is 21.8 Å². The van der Waals surface area contributed by atoms with Gasteiger partial charge in [0.2, 0.25) is 0 Å². The number of benzene rings is 4. The first-order chi connectivity index (χ1) is 14.6. The molecule has 2 aromatic heterocycles. The minimum absolute atomic E-state index is 0.669. The molecule has 0 atom stereocenters. The van der Waals surface area contributed by atoms with E-state index in [1.165, 1.54) is 32.6 Å². The number of aromatic nitrogens is 2. The predicted molar refractivity (Wildman–Crippen MR) is 121 cm³/mol. The van der Waals surface area contributed by atoms with Crippen LogP contribution in [0.4, 0.5) is 0 Å². The monoisotopic (exact) mass is 384 g/mol. The fraction of sp³-hybridized carbons (Fsp3) is 0.0769. The fourth-order valence-corrected chi connectivity index (χ4v) is 4.99. The molecule has 0 amide bonds. The Morgan fingerprint density at radius 1 is 0.533 bits per heavy atom. The summed E-state index contributed by atoms with van der Waals surface area (Å²) in [6, 6.07) is 25.0. The predicted octanol–water partition coefficient (Wildman–Crippen LogP) is 5.87. The zero-order valence-corrected chi connectivity index (χ0v) is 16.6. The Kier molecular flexibility index (Phi) is 3.12. The quantitative estimate of drug-likeness (QED) is 0.329. The molecule has 30 heavy (non-hydrogen) atoms. The number of hydrogen-bond donors (Lipinski definition) is 0. The van der Waals surface area contributed by atoms with E-state index in [1.807, 2.05) is 36.4 Å². The van der Waals surface area contributed by atoms with Crippen molar-refractivity contribution in [2.75, 3.05) is 0 Å². The van der Waals surface area contributed by atoms with E-state index in [2.05, 4.69) is 59.6 Å². The maximum Gasteiger partial charge on any atom is 0.0992 e. The molecule has 0 bridgehead atoms. The van der Waals surface area contributed by atoms with Crippen LogP contribution in [0.5, 0.6) is 0 Å². The maximum absolute atomic E-state index is 9.31. The van der Waals surface area contributed by atoms with Crippen LogP contribution in [0.2, 0.25) is 0 Å². The highest BCUT2D eigenvalue weighted by molar-refractivity contribution is 6.25. The Hall–Kier alpha value is -4.28. The van der Waals surface area contributed by atoms with Gasteiger partial charge in [-0.3, -0.25) is 0 Å². The van der Waals surface area contributed by atoms with E-state index in [0.29, 0.717) is 11.1 Å². The number of hydrogen-bond acceptors (Lipinski definition) is 2. The zero-order valence-electron chi connectivity index (χ0n) is 16.6. The Labute approximate surface area is 172 Å². The molecule has 4 aromatic carbocycles. The van der Waals surface area contributed by atoms with Crippen LogP contribution in [0.15, 0.2) is 60.7 Å². The summed E-state index contributed by atoms with van der Waals surface area (Å²) in [5, 5.41) is 25.7. The first kappa shape index (κ1) is 16.7. The summed E-state index contributed by atoms with van der Waals surface area (Å²) in [5.41, 5.74) is 5.80. The van der Waals surface area contributed by atoms with Crippen LogP contribution in [-0.2, 0) is 14.1 Å². The topological polar surface area (TPSA) is 57.4 Å². The third kappa shape index (κ3) is 1.93. The van der Waals surface area contributed by atoms with Crippen molar-refractivity contribution < 1.29 is 0 Å². The SMILES string of the molecule is Cn1c2cc(C#N)ccc2c2ccc3c(ccc4c5ccc(C#N)cc5n(C)c43)c21. The van der Waals surface area contributed by atoms with Crippen molar-refractivity contribution in [3.05, 3.63) is 71.8 Å². The summed E-state index contributed by atoms with van der Waals surface area (Å²) >= 11 is 0. The molecular formula is C26H16N4. The third-order valence-corrected chi connectivity index (χ3v) is 6.37. The molecule has 0 aliphatic heterocycles. The average molecular weight is 384 g/mol. The minimum atomic E-state index is 0.669. The number of fused-ring (bicyclic) bond motifs is 9. The van der Waals surface area contributed by atoms with Gasteiger partial charge < -0.3 is 9.13 Å². The molecule has 0 saturated carbocycles. The third-order valence-electron chi connectivity index (χ3n) is 6.37. The van der Waals surface area contributed by atoms with Crippen LogP contribution in [0.1, 0.15) is 11.1 Å². The number of aryl methyl sites for hydroxylation is 2. The summed E-state index contributed by atoms with van der Waals surface area (Å²) < 4.78 is 4.38. The minimum Gasteiger partial charge on any atom is -0.343 e. The van der Waals surface area contributed by atoms with Crippen LogP contribution in [-0.4, -0.2) is 9.13 Å². The van der Waals surface area contributed by atoms with Crippen molar-refractivity contribution in [3.8, 4) is 12.1 Å². The molecule has 4 nitrogen and oxygen atoms in total. The van der Waals surface area contributed by atoms with Gasteiger partial charge in [0.1, 0.15) is 0 Å². The van der Waals surface area contributed by atoms with Gasteiger partial charge in [0, 0.05) is 46.4 Å². The molecule has 2 heterocycles. The number of rotatable bonds is 0. The smallest absolute Gasteiger partial charge is 0.0992 e. The molecule has 4 heteroatoms. The van der Waals surface area contributed by atoms with E-state index in [4.69, 9.17) is 0 Å². The summed E-state index contributed by atoms with van der Waals surface area (Å²) in [6.45, 7) is 0. The molecule has 6 aromatic rings. The summed E-state index contributed by atoms with van der Waals surface area (Å²) in [7, 11) is 4.13. The van der Waals surface area contributed by atoms with Gasteiger partial charge in [-0.25, -0.2) is 0 Å². The molecule has 0 unspecified atom stereocenters. The molecule has 0 saturated heterocycles. The van der Waals surface area contributed by atoms with Gasteiger partial charge in [0.25, 0.3) is 0 Å². The Balaban J connectivity index is 1.82. The molecule has 140 valence electrons. The van der Waals surface area contributed by atoms with Crippen LogP contribution in [0.3, 0.4) is 0 Å². The Morgan fingerprint density at radius 2 is 0.867 bits per heavy atom. The highest BCUT2D eigenvalue weighted by Crippen LogP contribution is 2.39. The number of nitrogens with zero attached hydrogens (tertiary/aromatic N) is 4. The van der Waals surface area contributed by atoms with Gasteiger partial charge in [0.15, 0.2) is 0 Å². The lowest BCUT2D eigenvalue weighted by molar-refractivity contribution is 1.01. The van der Waals surface area contributed by atoms with Gasteiger partial charge in [-0.2, -0.15) is 10.5 Å².